The van der Waals surface area contributed by atoms with Crippen LogP contribution in [0.15, 0.2) is 24.3 Å². The van der Waals surface area contributed by atoms with Crippen molar-refractivity contribution in [3.63, 3.8) is 0 Å². The van der Waals surface area contributed by atoms with Crippen molar-refractivity contribution >= 4 is 11.9 Å². The van der Waals surface area contributed by atoms with E-state index in [4.69, 9.17) is 10.00 Å². The number of carboxylic acid groups (broad SMARTS) is 1. The molecule has 0 spiro atoms. The lowest BCUT2D eigenvalue weighted by atomic mass is 9.96. The van der Waals surface area contributed by atoms with Gasteiger partial charge in [-0.3, -0.25) is 4.79 Å². The topological polar surface area (TPSA) is 99.4 Å². The molecule has 0 bridgehead atoms. The Bertz CT molecular complexity index is 587. The third kappa shape index (κ3) is 3.51. The molecule has 0 heterocycles. The van der Waals surface area contributed by atoms with E-state index in [9.17, 15) is 14.7 Å². The first-order valence-electron chi connectivity index (χ1n) is 6.63. The fraction of sp³-hybridized carbons (Fsp3) is 0.400. The molecule has 1 unspecified atom stereocenters. The largest absolute Gasteiger partial charge is 0.484 e. The Kier molecular flexibility index (Phi) is 4.13. The highest BCUT2D eigenvalue weighted by Crippen LogP contribution is 2.39. The zero-order chi connectivity index (χ0) is 15.5. The number of benzene rings is 1. The van der Waals surface area contributed by atoms with E-state index < -0.39 is 17.4 Å². The van der Waals surface area contributed by atoms with Crippen molar-refractivity contribution in [2.45, 2.75) is 25.3 Å². The molecule has 0 aromatic heterocycles. The van der Waals surface area contributed by atoms with Gasteiger partial charge in [-0.15, -0.1) is 0 Å². The van der Waals surface area contributed by atoms with Gasteiger partial charge in [0.1, 0.15) is 11.3 Å². The van der Waals surface area contributed by atoms with Crippen LogP contribution in [0.1, 0.15) is 25.3 Å². The van der Waals surface area contributed by atoms with Crippen molar-refractivity contribution in [1.82, 2.24) is 5.32 Å². The minimum absolute atomic E-state index is 0.0196. The third-order valence-corrected chi connectivity index (χ3v) is 3.59. The summed E-state index contributed by atoms with van der Waals surface area (Å²) in [7, 11) is 0. The van der Waals surface area contributed by atoms with E-state index in [-0.39, 0.29) is 12.5 Å². The monoisotopic (exact) mass is 288 g/mol. The second-order valence-corrected chi connectivity index (χ2v) is 5.25. The van der Waals surface area contributed by atoms with Crippen LogP contribution in [0.4, 0.5) is 0 Å². The molecule has 1 aliphatic rings. The first-order chi connectivity index (χ1) is 9.95. The molecule has 1 amide bonds. The first-order valence-corrected chi connectivity index (χ1v) is 6.63. The van der Waals surface area contributed by atoms with Crippen molar-refractivity contribution < 1.29 is 19.4 Å². The van der Waals surface area contributed by atoms with Gasteiger partial charge < -0.3 is 15.2 Å². The summed E-state index contributed by atoms with van der Waals surface area (Å²) in [5.41, 5.74) is -0.732. The van der Waals surface area contributed by atoms with Crippen LogP contribution in [0.2, 0.25) is 0 Å². The summed E-state index contributed by atoms with van der Waals surface area (Å²) < 4.78 is 5.28. The minimum atomic E-state index is -1.23. The molecule has 6 nitrogen and oxygen atoms in total. The predicted molar refractivity (Wildman–Crippen MR) is 73.6 cm³/mol. The van der Waals surface area contributed by atoms with Gasteiger partial charge in [0.2, 0.25) is 0 Å². The summed E-state index contributed by atoms with van der Waals surface area (Å²) in [5, 5.41) is 20.5. The SMILES string of the molecule is CC(NC(=O)COc1ccc(C#N)cc1)(C(=O)O)C1CC1. The van der Waals surface area contributed by atoms with Crippen molar-refractivity contribution in [3.8, 4) is 11.8 Å². The molecule has 1 aromatic carbocycles. The number of nitrogens with zero attached hydrogens (tertiary/aromatic N) is 1. The first kappa shape index (κ1) is 14.9. The number of aliphatic carboxylic acids is 1. The Balaban J connectivity index is 1.89. The number of carbonyl (C=O) groups is 2. The van der Waals surface area contributed by atoms with Crippen molar-refractivity contribution in [1.29, 1.82) is 5.26 Å². The molecule has 2 N–H and O–H groups in total. The lowest BCUT2D eigenvalue weighted by Crippen LogP contribution is -2.55. The number of ether oxygens (including phenoxy) is 1. The van der Waals surface area contributed by atoms with E-state index in [0.717, 1.165) is 12.8 Å². The van der Waals surface area contributed by atoms with Crippen LogP contribution in [-0.4, -0.2) is 29.1 Å². The standard InChI is InChI=1S/C15H16N2O4/c1-15(14(19)20,11-4-5-11)17-13(18)9-21-12-6-2-10(8-16)3-7-12/h2-3,6-7,11H,4-5,9H2,1H3,(H,17,18)(H,19,20). The quantitative estimate of drug-likeness (QED) is 0.822. The van der Waals surface area contributed by atoms with Crippen LogP contribution < -0.4 is 10.1 Å². The second-order valence-electron chi connectivity index (χ2n) is 5.25. The molecule has 1 aromatic rings. The third-order valence-electron chi connectivity index (χ3n) is 3.59. The van der Waals surface area contributed by atoms with Crippen LogP contribution in [0.25, 0.3) is 0 Å². The molecule has 1 saturated carbocycles. The van der Waals surface area contributed by atoms with E-state index in [1.807, 2.05) is 6.07 Å². The van der Waals surface area contributed by atoms with E-state index in [1.165, 1.54) is 6.92 Å². The van der Waals surface area contributed by atoms with Gasteiger partial charge in [0.05, 0.1) is 11.6 Å². The molecule has 1 atom stereocenters. The number of hydrogen-bond acceptors (Lipinski definition) is 4. The van der Waals surface area contributed by atoms with Gasteiger partial charge in [-0.05, 0) is 49.9 Å². The Morgan fingerprint density at radius 2 is 2.05 bits per heavy atom. The number of nitriles is 1. The molecule has 1 fully saturated rings. The molecule has 110 valence electrons. The number of nitrogens with one attached hydrogen (secondary N) is 1. The molecule has 0 aliphatic heterocycles. The molecular weight excluding hydrogens is 272 g/mol. The fourth-order valence-corrected chi connectivity index (χ4v) is 2.09. The summed E-state index contributed by atoms with van der Waals surface area (Å²) in [5.74, 6) is -1.07. The number of carboxylic acids is 1. The van der Waals surface area contributed by atoms with E-state index in [1.54, 1.807) is 24.3 Å². The van der Waals surface area contributed by atoms with Crippen LogP contribution in [0, 0.1) is 17.2 Å². The average Bonchev–Trinajstić information content (AvgIpc) is 3.30. The highest BCUT2D eigenvalue weighted by molar-refractivity contribution is 5.88. The summed E-state index contributed by atoms with van der Waals surface area (Å²) in [6, 6.07) is 8.32. The number of hydrogen-bond donors (Lipinski definition) is 2. The Labute approximate surface area is 122 Å². The van der Waals surface area contributed by atoms with Gasteiger partial charge in [-0.25, -0.2) is 4.79 Å². The molecule has 1 aliphatic carbocycles. The van der Waals surface area contributed by atoms with Gasteiger partial charge in [0, 0.05) is 0 Å². The zero-order valence-electron chi connectivity index (χ0n) is 11.6. The van der Waals surface area contributed by atoms with Crippen LogP contribution in [0.5, 0.6) is 5.75 Å². The maximum Gasteiger partial charge on any atom is 0.329 e. The summed E-state index contributed by atoms with van der Waals surface area (Å²) in [4.78, 5) is 23.1. The molecule has 0 radical (unpaired) electrons. The predicted octanol–water partition coefficient (Wildman–Crippen LogP) is 1.31. The number of amides is 1. The zero-order valence-corrected chi connectivity index (χ0v) is 11.6. The average molecular weight is 288 g/mol. The van der Waals surface area contributed by atoms with Crippen LogP contribution >= 0.6 is 0 Å². The maximum absolute atomic E-state index is 11.8. The summed E-state index contributed by atoms with van der Waals surface area (Å²) in [6.07, 6.45) is 1.61. The van der Waals surface area contributed by atoms with Gasteiger partial charge >= 0.3 is 5.97 Å². The maximum atomic E-state index is 11.8. The lowest BCUT2D eigenvalue weighted by molar-refractivity contribution is -0.148. The van der Waals surface area contributed by atoms with Gasteiger partial charge in [0.15, 0.2) is 6.61 Å². The highest BCUT2D eigenvalue weighted by Gasteiger charge is 2.48. The van der Waals surface area contributed by atoms with Crippen molar-refractivity contribution in [2.24, 2.45) is 5.92 Å². The molecule has 0 saturated heterocycles. The second kappa shape index (κ2) is 5.83. The minimum Gasteiger partial charge on any atom is -0.484 e. The van der Waals surface area contributed by atoms with Gasteiger partial charge in [0.25, 0.3) is 5.91 Å². The summed E-state index contributed by atoms with van der Waals surface area (Å²) in [6.45, 7) is 1.26. The van der Waals surface area contributed by atoms with Crippen molar-refractivity contribution in [2.75, 3.05) is 6.61 Å². The fourth-order valence-electron chi connectivity index (χ4n) is 2.09. The molecule has 21 heavy (non-hydrogen) atoms. The lowest BCUT2D eigenvalue weighted by Gasteiger charge is -2.26. The Morgan fingerprint density at radius 1 is 1.43 bits per heavy atom. The van der Waals surface area contributed by atoms with E-state index in [0.29, 0.717) is 11.3 Å². The number of carbonyl (C=O) groups excluding carboxylic acids is 1. The van der Waals surface area contributed by atoms with Gasteiger partial charge in [-0.1, -0.05) is 0 Å². The molecular formula is C15H16N2O4. The molecule has 6 heteroatoms. The van der Waals surface area contributed by atoms with Crippen molar-refractivity contribution in [3.05, 3.63) is 29.8 Å². The van der Waals surface area contributed by atoms with E-state index >= 15 is 0 Å². The number of rotatable bonds is 6. The Morgan fingerprint density at radius 3 is 2.52 bits per heavy atom. The van der Waals surface area contributed by atoms with Gasteiger partial charge in [-0.2, -0.15) is 5.26 Å². The summed E-state index contributed by atoms with van der Waals surface area (Å²) >= 11 is 0. The van der Waals surface area contributed by atoms with E-state index in [2.05, 4.69) is 5.32 Å². The highest BCUT2D eigenvalue weighted by atomic mass is 16.5. The van der Waals surface area contributed by atoms with Crippen LogP contribution in [-0.2, 0) is 9.59 Å². The molecule has 2 rings (SSSR count). The Hall–Kier alpha value is -2.55. The normalized spacial score (nSPS) is 16.4. The smallest absolute Gasteiger partial charge is 0.329 e. The van der Waals surface area contributed by atoms with Crippen LogP contribution in [0.3, 0.4) is 0 Å².